The molecule has 3 nitrogen and oxygen atoms in total. The highest BCUT2D eigenvalue weighted by atomic mass is 79.9. The van der Waals surface area contributed by atoms with E-state index in [0.717, 1.165) is 34.7 Å². The number of amides is 1. The molecule has 2 saturated carbocycles. The van der Waals surface area contributed by atoms with Gasteiger partial charge in [-0.2, -0.15) is 0 Å². The van der Waals surface area contributed by atoms with E-state index in [-0.39, 0.29) is 11.8 Å². The van der Waals surface area contributed by atoms with Crippen molar-refractivity contribution < 1.29 is 4.79 Å². The SMILES string of the molecule is NC(=S)c1ccc(Br)cc1NC(=O)C1CC2CC2C1. The molecule has 3 N–H and O–H groups in total. The summed E-state index contributed by atoms with van der Waals surface area (Å²) in [6.07, 6.45) is 3.39. The summed E-state index contributed by atoms with van der Waals surface area (Å²) < 4.78 is 0.900. The third-order valence-electron chi connectivity index (χ3n) is 4.12. The molecule has 0 spiro atoms. The van der Waals surface area contributed by atoms with Gasteiger partial charge in [0.25, 0.3) is 0 Å². The number of rotatable bonds is 3. The van der Waals surface area contributed by atoms with Gasteiger partial charge < -0.3 is 11.1 Å². The van der Waals surface area contributed by atoms with Crippen LogP contribution in [0.4, 0.5) is 5.69 Å². The number of hydrogen-bond acceptors (Lipinski definition) is 2. The number of anilines is 1. The summed E-state index contributed by atoms with van der Waals surface area (Å²) in [5.41, 5.74) is 7.11. The molecule has 0 bridgehead atoms. The second kappa shape index (κ2) is 4.87. The van der Waals surface area contributed by atoms with Gasteiger partial charge in [0.05, 0.1) is 5.69 Å². The molecule has 2 fully saturated rings. The van der Waals surface area contributed by atoms with Gasteiger partial charge in [0.15, 0.2) is 0 Å². The van der Waals surface area contributed by atoms with E-state index >= 15 is 0 Å². The molecule has 0 radical (unpaired) electrons. The third-order valence-corrected chi connectivity index (χ3v) is 4.83. The fourth-order valence-electron chi connectivity index (χ4n) is 3.00. The third kappa shape index (κ3) is 2.67. The lowest BCUT2D eigenvalue weighted by Gasteiger charge is -2.15. The van der Waals surface area contributed by atoms with Crippen LogP contribution in [-0.2, 0) is 4.79 Å². The molecule has 1 amide bonds. The highest BCUT2D eigenvalue weighted by Crippen LogP contribution is 2.54. The van der Waals surface area contributed by atoms with Gasteiger partial charge in [-0.3, -0.25) is 4.79 Å². The van der Waals surface area contributed by atoms with E-state index < -0.39 is 0 Å². The normalized spacial score (nSPS) is 27.7. The number of carbonyl (C=O) groups is 1. The van der Waals surface area contributed by atoms with Gasteiger partial charge in [-0.1, -0.05) is 28.1 Å². The standard InChI is InChI=1S/C14H15BrN2OS/c15-10-1-2-11(13(16)19)12(6-10)17-14(18)9-4-7-3-8(7)5-9/h1-2,6-9H,3-5H2,(H2,16,19)(H,17,18). The Labute approximate surface area is 126 Å². The zero-order valence-electron chi connectivity index (χ0n) is 10.4. The summed E-state index contributed by atoms with van der Waals surface area (Å²) in [5, 5.41) is 2.98. The molecule has 0 saturated heterocycles. The van der Waals surface area contributed by atoms with Crippen molar-refractivity contribution in [1.29, 1.82) is 0 Å². The van der Waals surface area contributed by atoms with Crippen molar-refractivity contribution in [3.8, 4) is 0 Å². The molecule has 100 valence electrons. The predicted octanol–water partition coefficient (Wildman–Crippen LogP) is 3.07. The molecular formula is C14H15BrN2OS. The molecular weight excluding hydrogens is 324 g/mol. The Hall–Kier alpha value is -0.940. The Balaban J connectivity index is 1.76. The van der Waals surface area contributed by atoms with Gasteiger partial charge in [-0.25, -0.2) is 0 Å². The maximum absolute atomic E-state index is 12.3. The first-order chi connectivity index (χ1) is 9.04. The van der Waals surface area contributed by atoms with Gasteiger partial charge in [-0.15, -0.1) is 0 Å². The number of halogens is 1. The van der Waals surface area contributed by atoms with E-state index in [9.17, 15) is 4.79 Å². The Kier molecular flexibility index (Phi) is 3.35. The number of carbonyl (C=O) groups excluding carboxylic acids is 1. The maximum Gasteiger partial charge on any atom is 0.227 e. The number of nitrogens with two attached hydrogens (primary N) is 1. The summed E-state index contributed by atoms with van der Waals surface area (Å²) >= 11 is 8.42. The van der Waals surface area contributed by atoms with E-state index in [1.807, 2.05) is 18.2 Å². The van der Waals surface area contributed by atoms with Crippen molar-refractivity contribution >= 4 is 44.7 Å². The van der Waals surface area contributed by atoms with Crippen molar-refractivity contribution in [1.82, 2.24) is 0 Å². The molecule has 1 aromatic carbocycles. The predicted molar refractivity (Wildman–Crippen MR) is 83.0 cm³/mol. The highest BCUT2D eigenvalue weighted by molar-refractivity contribution is 9.10. The Morgan fingerprint density at radius 1 is 1.32 bits per heavy atom. The Morgan fingerprint density at radius 2 is 2.00 bits per heavy atom. The lowest BCUT2D eigenvalue weighted by Crippen LogP contribution is -2.23. The van der Waals surface area contributed by atoms with Crippen molar-refractivity contribution in [2.45, 2.75) is 19.3 Å². The zero-order chi connectivity index (χ0) is 13.6. The quantitative estimate of drug-likeness (QED) is 0.832. The van der Waals surface area contributed by atoms with Crippen molar-refractivity contribution in [2.24, 2.45) is 23.5 Å². The van der Waals surface area contributed by atoms with Crippen LogP contribution in [0.15, 0.2) is 22.7 Å². The average molecular weight is 339 g/mol. The molecule has 19 heavy (non-hydrogen) atoms. The fourth-order valence-corrected chi connectivity index (χ4v) is 3.54. The monoisotopic (exact) mass is 338 g/mol. The first-order valence-electron chi connectivity index (χ1n) is 6.45. The number of fused-ring (bicyclic) bond motifs is 1. The molecule has 5 heteroatoms. The summed E-state index contributed by atoms with van der Waals surface area (Å²) in [5.74, 6) is 1.85. The van der Waals surface area contributed by atoms with Crippen LogP contribution >= 0.6 is 28.1 Å². The van der Waals surface area contributed by atoms with E-state index in [1.165, 1.54) is 6.42 Å². The first kappa shape index (κ1) is 13.1. The molecule has 3 rings (SSSR count). The van der Waals surface area contributed by atoms with Gasteiger partial charge in [0.2, 0.25) is 5.91 Å². The Morgan fingerprint density at radius 3 is 2.63 bits per heavy atom. The lowest BCUT2D eigenvalue weighted by molar-refractivity contribution is -0.120. The van der Waals surface area contributed by atoms with Crippen LogP contribution < -0.4 is 11.1 Å². The summed E-state index contributed by atoms with van der Waals surface area (Å²) in [4.78, 5) is 12.6. The number of hydrogen-bond donors (Lipinski definition) is 2. The topological polar surface area (TPSA) is 55.1 Å². The molecule has 1 aromatic rings. The first-order valence-corrected chi connectivity index (χ1v) is 7.65. The van der Waals surface area contributed by atoms with Crippen LogP contribution in [-0.4, -0.2) is 10.9 Å². The van der Waals surface area contributed by atoms with Gasteiger partial charge >= 0.3 is 0 Å². The molecule has 2 atom stereocenters. The highest BCUT2D eigenvalue weighted by Gasteiger charge is 2.48. The van der Waals surface area contributed by atoms with Crippen LogP contribution in [0.5, 0.6) is 0 Å². The minimum absolute atomic E-state index is 0.0998. The van der Waals surface area contributed by atoms with Crippen LogP contribution in [0, 0.1) is 17.8 Å². The van der Waals surface area contributed by atoms with Crippen LogP contribution in [0.1, 0.15) is 24.8 Å². The van der Waals surface area contributed by atoms with Gasteiger partial charge in [0, 0.05) is 16.0 Å². The summed E-state index contributed by atoms with van der Waals surface area (Å²) in [6, 6.07) is 5.55. The molecule has 2 unspecified atom stereocenters. The lowest BCUT2D eigenvalue weighted by atomic mass is 10.0. The average Bonchev–Trinajstić information content (AvgIpc) is 2.95. The van der Waals surface area contributed by atoms with Crippen LogP contribution in [0.2, 0.25) is 0 Å². The molecule has 2 aliphatic rings. The van der Waals surface area contributed by atoms with Crippen LogP contribution in [0.25, 0.3) is 0 Å². The fraction of sp³-hybridized carbons (Fsp3) is 0.429. The van der Waals surface area contributed by atoms with Crippen molar-refractivity contribution in [2.75, 3.05) is 5.32 Å². The van der Waals surface area contributed by atoms with Gasteiger partial charge in [0.1, 0.15) is 4.99 Å². The van der Waals surface area contributed by atoms with E-state index in [1.54, 1.807) is 0 Å². The van der Waals surface area contributed by atoms with E-state index in [0.29, 0.717) is 10.7 Å². The smallest absolute Gasteiger partial charge is 0.227 e. The van der Waals surface area contributed by atoms with Crippen molar-refractivity contribution in [3.05, 3.63) is 28.2 Å². The van der Waals surface area contributed by atoms with E-state index in [2.05, 4.69) is 21.2 Å². The second-order valence-electron chi connectivity index (χ2n) is 5.47. The Bertz CT molecular complexity index is 550. The maximum atomic E-state index is 12.3. The minimum Gasteiger partial charge on any atom is -0.389 e. The zero-order valence-corrected chi connectivity index (χ0v) is 12.8. The number of thiocarbonyl (C=S) groups is 1. The number of benzene rings is 1. The minimum atomic E-state index is 0.0998. The second-order valence-corrected chi connectivity index (χ2v) is 6.82. The molecule has 0 aromatic heterocycles. The van der Waals surface area contributed by atoms with E-state index in [4.69, 9.17) is 18.0 Å². The van der Waals surface area contributed by atoms with Crippen LogP contribution in [0.3, 0.4) is 0 Å². The largest absolute Gasteiger partial charge is 0.389 e. The molecule has 0 heterocycles. The molecule has 0 aliphatic heterocycles. The summed E-state index contributed by atoms with van der Waals surface area (Å²) in [6.45, 7) is 0. The number of nitrogens with one attached hydrogen (secondary N) is 1. The van der Waals surface area contributed by atoms with Crippen molar-refractivity contribution in [3.63, 3.8) is 0 Å². The molecule has 2 aliphatic carbocycles. The van der Waals surface area contributed by atoms with Gasteiger partial charge in [-0.05, 0) is 49.3 Å². The summed E-state index contributed by atoms with van der Waals surface area (Å²) in [7, 11) is 0.